The van der Waals surface area contributed by atoms with Crippen molar-refractivity contribution in [2.75, 3.05) is 43.5 Å². The number of halogens is 3. The van der Waals surface area contributed by atoms with Crippen LogP contribution in [0.15, 0.2) is 66.7 Å². The lowest BCUT2D eigenvalue weighted by molar-refractivity contribution is 0.261. The van der Waals surface area contributed by atoms with E-state index in [-0.39, 0.29) is 24.8 Å². The molecule has 1 atom stereocenters. The van der Waals surface area contributed by atoms with Crippen LogP contribution >= 0.6 is 36.4 Å². The van der Waals surface area contributed by atoms with E-state index < -0.39 is 0 Å². The summed E-state index contributed by atoms with van der Waals surface area (Å²) in [6.45, 7) is 3.75. The molecule has 1 fully saturated rings. The number of anilines is 3. The van der Waals surface area contributed by atoms with Gasteiger partial charge in [-0.25, -0.2) is 0 Å². The second kappa shape index (κ2) is 12.2. The minimum absolute atomic E-state index is 0. The SMILES string of the molecule is CN(C)c1ccc(CCN2CCC[C@@H]2CN2c3cc(Cl)ccc3COc3ccccc32)cc1.Cl.Cl. The fraction of sp³-hybridized carbons (Fsp3) is 0.357. The van der Waals surface area contributed by atoms with E-state index in [4.69, 9.17) is 16.3 Å². The fourth-order valence-electron chi connectivity index (χ4n) is 5.03. The smallest absolute Gasteiger partial charge is 0.143 e. The number of likely N-dealkylation sites (tertiary alicyclic amines) is 1. The summed E-state index contributed by atoms with van der Waals surface area (Å²) < 4.78 is 6.17. The number of rotatable bonds is 6. The molecule has 35 heavy (non-hydrogen) atoms. The lowest BCUT2D eigenvalue weighted by Crippen LogP contribution is -2.39. The molecule has 4 nitrogen and oxygen atoms in total. The van der Waals surface area contributed by atoms with Crippen LogP contribution in [0.3, 0.4) is 0 Å². The summed E-state index contributed by atoms with van der Waals surface area (Å²) in [5.41, 5.74) is 6.12. The van der Waals surface area contributed by atoms with Crippen LogP contribution in [0, 0.1) is 0 Å². The molecule has 2 heterocycles. The number of ether oxygens (including phenoxy) is 1. The van der Waals surface area contributed by atoms with E-state index >= 15 is 0 Å². The van der Waals surface area contributed by atoms with Crippen molar-refractivity contribution in [2.45, 2.75) is 31.9 Å². The van der Waals surface area contributed by atoms with Crippen LogP contribution in [0.2, 0.25) is 5.02 Å². The van der Waals surface area contributed by atoms with Gasteiger partial charge >= 0.3 is 0 Å². The maximum atomic E-state index is 6.43. The Balaban J connectivity index is 0.00000171. The third kappa shape index (κ3) is 6.18. The lowest BCUT2D eigenvalue weighted by atomic mass is 10.1. The van der Waals surface area contributed by atoms with Gasteiger partial charge in [-0.15, -0.1) is 24.8 Å². The second-order valence-electron chi connectivity index (χ2n) is 9.28. The molecule has 5 rings (SSSR count). The number of benzene rings is 3. The Hall–Kier alpha value is -2.11. The van der Waals surface area contributed by atoms with Crippen molar-refractivity contribution in [3.05, 3.63) is 82.9 Å². The second-order valence-corrected chi connectivity index (χ2v) is 9.72. The zero-order valence-corrected chi connectivity index (χ0v) is 22.7. The topological polar surface area (TPSA) is 19.0 Å². The van der Waals surface area contributed by atoms with Crippen LogP contribution in [-0.4, -0.2) is 44.7 Å². The van der Waals surface area contributed by atoms with Gasteiger partial charge in [-0.05, 0) is 67.8 Å². The number of hydrogen-bond donors (Lipinski definition) is 0. The largest absolute Gasteiger partial charge is 0.487 e. The monoisotopic (exact) mass is 533 g/mol. The van der Waals surface area contributed by atoms with Gasteiger partial charge < -0.3 is 14.5 Å². The summed E-state index contributed by atoms with van der Waals surface area (Å²) in [5, 5.41) is 0.766. The average molecular weight is 535 g/mol. The molecule has 0 saturated carbocycles. The van der Waals surface area contributed by atoms with E-state index in [2.05, 4.69) is 83.4 Å². The summed E-state index contributed by atoms with van der Waals surface area (Å²) in [4.78, 5) is 7.24. The molecule has 3 aromatic rings. The van der Waals surface area contributed by atoms with Crippen LogP contribution in [0.1, 0.15) is 24.0 Å². The van der Waals surface area contributed by atoms with E-state index in [0.717, 1.165) is 42.5 Å². The molecule has 0 amide bonds. The zero-order valence-electron chi connectivity index (χ0n) is 20.3. The number of fused-ring (bicyclic) bond motifs is 2. The summed E-state index contributed by atoms with van der Waals surface area (Å²) >= 11 is 6.43. The van der Waals surface area contributed by atoms with Crippen LogP contribution in [0.4, 0.5) is 17.1 Å². The third-order valence-corrected chi connectivity index (χ3v) is 7.15. The van der Waals surface area contributed by atoms with E-state index in [1.54, 1.807) is 0 Å². The number of nitrogens with zero attached hydrogens (tertiary/aromatic N) is 3. The predicted molar refractivity (Wildman–Crippen MR) is 153 cm³/mol. The van der Waals surface area contributed by atoms with Crippen LogP contribution in [-0.2, 0) is 13.0 Å². The molecule has 2 aliphatic rings. The predicted octanol–water partition coefficient (Wildman–Crippen LogP) is 6.99. The number of hydrogen-bond acceptors (Lipinski definition) is 4. The van der Waals surface area contributed by atoms with Gasteiger partial charge in [0.05, 0.1) is 5.69 Å². The summed E-state index contributed by atoms with van der Waals surface area (Å²) in [5.74, 6) is 0.940. The molecular weight excluding hydrogens is 501 g/mol. The highest BCUT2D eigenvalue weighted by Gasteiger charge is 2.30. The Bertz CT molecular complexity index is 1110. The van der Waals surface area contributed by atoms with Crippen LogP contribution in [0.25, 0.3) is 0 Å². The number of para-hydroxylation sites is 2. The summed E-state index contributed by atoms with van der Waals surface area (Å²) in [7, 11) is 4.17. The quantitative estimate of drug-likeness (QED) is 0.339. The van der Waals surface area contributed by atoms with Gasteiger partial charge in [-0.1, -0.05) is 41.9 Å². The minimum atomic E-state index is 0. The molecule has 0 aromatic heterocycles. The van der Waals surface area contributed by atoms with Crippen molar-refractivity contribution >= 4 is 53.5 Å². The summed E-state index contributed by atoms with van der Waals surface area (Å²) in [6, 6.07) is 24.0. The highest BCUT2D eigenvalue weighted by atomic mass is 35.5. The Morgan fingerprint density at radius 1 is 0.971 bits per heavy atom. The first-order chi connectivity index (χ1) is 16.1. The van der Waals surface area contributed by atoms with Gasteiger partial charge in [-0.3, -0.25) is 4.90 Å². The van der Waals surface area contributed by atoms with Gasteiger partial charge in [0.1, 0.15) is 12.4 Å². The van der Waals surface area contributed by atoms with E-state index in [9.17, 15) is 0 Å². The lowest BCUT2D eigenvalue weighted by Gasteiger charge is -2.33. The Morgan fingerprint density at radius 3 is 2.51 bits per heavy atom. The molecule has 1 saturated heterocycles. The normalized spacial score (nSPS) is 16.8. The fourth-order valence-corrected chi connectivity index (χ4v) is 5.20. The maximum Gasteiger partial charge on any atom is 0.143 e. The molecular formula is C28H34Cl3N3O. The highest BCUT2D eigenvalue weighted by Crippen LogP contribution is 2.41. The van der Waals surface area contributed by atoms with Crippen molar-refractivity contribution in [3.8, 4) is 5.75 Å². The average Bonchev–Trinajstić information content (AvgIpc) is 3.21. The van der Waals surface area contributed by atoms with Crippen molar-refractivity contribution in [1.29, 1.82) is 0 Å². The first-order valence-corrected chi connectivity index (χ1v) is 12.2. The molecule has 0 radical (unpaired) electrons. The van der Waals surface area contributed by atoms with Gasteiger partial charge in [0.25, 0.3) is 0 Å². The first kappa shape index (κ1) is 27.5. The van der Waals surface area contributed by atoms with Crippen molar-refractivity contribution in [1.82, 2.24) is 4.90 Å². The molecule has 0 N–H and O–H groups in total. The maximum absolute atomic E-state index is 6.43. The standard InChI is InChI=1S/C28H32ClN3O.2ClH/c1-30(2)24-13-9-21(10-14-24)15-17-31-16-5-6-25(31)19-32-26-7-3-4-8-28(26)33-20-22-11-12-23(29)18-27(22)32;;/h3-4,7-14,18,25H,5-6,15-17,19-20H2,1-2H3;2*1H/t25-;;/m1../s1. The molecule has 0 unspecified atom stereocenters. The zero-order chi connectivity index (χ0) is 22.8. The van der Waals surface area contributed by atoms with Gasteiger partial charge in [0, 0.05) is 55.2 Å². The Morgan fingerprint density at radius 2 is 1.74 bits per heavy atom. The Kier molecular flexibility index (Phi) is 9.60. The van der Waals surface area contributed by atoms with Crippen molar-refractivity contribution < 1.29 is 4.74 Å². The third-order valence-electron chi connectivity index (χ3n) is 6.91. The summed E-state index contributed by atoms with van der Waals surface area (Å²) in [6.07, 6.45) is 3.54. The van der Waals surface area contributed by atoms with Crippen LogP contribution < -0.4 is 14.5 Å². The molecule has 7 heteroatoms. The van der Waals surface area contributed by atoms with Crippen molar-refractivity contribution in [3.63, 3.8) is 0 Å². The molecule has 188 valence electrons. The van der Waals surface area contributed by atoms with E-state index in [0.29, 0.717) is 12.6 Å². The highest BCUT2D eigenvalue weighted by molar-refractivity contribution is 6.30. The van der Waals surface area contributed by atoms with E-state index in [1.807, 2.05) is 12.1 Å². The minimum Gasteiger partial charge on any atom is -0.487 e. The molecule has 0 spiro atoms. The van der Waals surface area contributed by atoms with E-state index in [1.165, 1.54) is 35.3 Å². The molecule has 3 aromatic carbocycles. The molecule has 2 aliphatic heterocycles. The van der Waals surface area contributed by atoms with Crippen molar-refractivity contribution in [2.24, 2.45) is 0 Å². The molecule has 0 bridgehead atoms. The molecule has 0 aliphatic carbocycles. The van der Waals surface area contributed by atoms with Crippen LogP contribution in [0.5, 0.6) is 5.75 Å². The first-order valence-electron chi connectivity index (χ1n) is 11.9. The van der Waals surface area contributed by atoms with Gasteiger partial charge in [-0.2, -0.15) is 0 Å². The van der Waals surface area contributed by atoms with Gasteiger partial charge in [0.2, 0.25) is 0 Å². The Labute approximate surface area is 226 Å². The van der Waals surface area contributed by atoms with Gasteiger partial charge in [0.15, 0.2) is 0 Å².